The van der Waals surface area contributed by atoms with E-state index in [9.17, 15) is 19.8 Å². The van der Waals surface area contributed by atoms with Crippen LogP contribution >= 0.6 is 11.3 Å². The number of aromatic nitrogens is 1. The van der Waals surface area contributed by atoms with Crippen LogP contribution in [-0.4, -0.2) is 57.0 Å². The Kier molecular flexibility index (Phi) is 9.15. The molecule has 0 spiro atoms. The van der Waals surface area contributed by atoms with Gasteiger partial charge in [-0.25, -0.2) is 4.98 Å². The van der Waals surface area contributed by atoms with E-state index in [-0.39, 0.29) is 29.8 Å². The van der Waals surface area contributed by atoms with Gasteiger partial charge in [-0.2, -0.15) is 0 Å². The number of hydrogen-bond acceptors (Lipinski definition) is 9. The number of carbonyl (C=O) groups excluding carboxylic acids is 2. The van der Waals surface area contributed by atoms with Gasteiger partial charge >= 0.3 is 5.97 Å². The number of rotatable bonds is 3. The molecule has 7 atom stereocenters. The number of hydrogen-bond donors (Lipinski definition) is 3. The van der Waals surface area contributed by atoms with Gasteiger partial charge in [-0.15, -0.1) is 11.3 Å². The maximum atomic E-state index is 13.2. The molecule has 2 unspecified atom stereocenters. The Labute approximate surface area is 218 Å². The van der Waals surface area contributed by atoms with Crippen LogP contribution in [0.1, 0.15) is 84.3 Å². The van der Waals surface area contributed by atoms with Crippen molar-refractivity contribution >= 4 is 29.2 Å². The molecule has 1 aromatic heterocycles. The Bertz CT molecular complexity index is 975. The predicted octanol–water partition coefficient (Wildman–Crippen LogP) is 3.63. The van der Waals surface area contributed by atoms with Crippen LogP contribution in [-0.2, 0) is 25.6 Å². The van der Waals surface area contributed by atoms with Crippen molar-refractivity contribution in [3.63, 3.8) is 0 Å². The summed E-state index contributed by atoms with van der Waals surface area (Å²) in [5, 5.41) is 24.5. The molecule has 36 heavy (non-hydrogen) atoms. The molecular weight excluding hydrogens is 480 g/mol. The Morgan fingerprint density at radius 2 is 1.97 bits per heavy atom. The molecule has 2 saturated heterocycles. The summed E-state index contributed by atoms with van der Waals surface area (Å²) in [6.45, 7) is 11.2. The number of nitrogens with zero attached hydrogens (tertiary/aromatic N) is 1. The van der Waals surface area contributed by atoms with E-state index in [1.807, 2.05) is 25.3 Å². The highest BCUT2D eigenvalue weighted by molar-refractivity contribution is 7.09. The highest BCUT2D eigenvalue weighted by atomic mass is 32.1. The number of Topliss-reactive ketones (excluding diaryl/α,β-unsaturated/α-hetero) is 1. The lowest BCUT2D eigenvalue weighted by Crippen LogP contribution is -2.45. The fourth-order valence-electron chi connectivity index (χ4n) is 5.11. The van der Waals surface area contributed by atoms with Crippen molar-refractivity contribution in [2.45, 2.75) is 110 Å². The van der Waals surface area contributed by atoms with Crippen molar-refractivity contribution in [2.75, 3.05) is 0 Å². The first-order valence-electron chi connectivity index (χ1n) is 12.9. The van der Waals surface area contributed by atoms with E-state index in [1.165, 1.54) is 11.3 Å². The maximum absolute atomic E-state index is 13.2. The van der Waals surface area contributed by atoms with Gasteiger partial charge in [-0.05, 0) is 44.3 Å². The number of aliphatic hydroxyl groups is 2. The van der Waals surface area contributed by atoms with Gasteiger partial charge in [0.1, 0.15) is 16.9 Å². The van der Waals surface area contributed by atoms with Gasteiger partial charge in [0.2, 0.25) is 0 Å². The molecule has 8 nitrogen and oxygen atoms in total. The lowest BCUT2D eigenvalue weighted by Gasteiger charge is -2.34. The van der Waals surface area contributed by atoms with E-state index in [1.54, 1.807) is 20.8 Å². The van der Waals surface area contributed by atoms with E-state index in [4.69, 9.17) is 15.2 Å². The second-order valence-electron chi connectivity index (χ2n) is 11.3. The number of epoxide rings is 1. The van der Waals surface area contributed by atoms with Crippen molar-refractivity contribution in [1.29, 1.82) is 0 Å². The van der Waals surface area contributed by atoms with Crippen LogP contribution < -0.4 is 5.73 Å². The van der Waals surface area contributed by atoms with E-state index in [0.29, 0.717) is 13.0 Å². The molecule has 3 heterocycles. The van der Waals surface area contributed by atoms with Crippen LogP contribution in [0, 0.1) is 17.3 Å². The van der Waals surface area contributed by atoms with Crippen molar-refractivity contribution in [3.05, 3.63) is 21.7 Å². The van der Waals surface area contributed by atoms with Crippen LogP contribution in [0.15, 0.2) is 11.0 Å². The van der Waals surface area contributed by atoms with Gasteiger partial charge in [0.15, 0.2) is 0 Å². The van der Waals surface area contributed by atoms with Crippen LogP contribution in [0.25, 0.3) is 6.08 Å². The van der Waals surface area contributed by atoms with Crippen molar-refractivity contribution in [2.24, 2.45) is 23.0 Å². The molecule has 3 rings (SSSR count). The first-order chi connectivity index (χ1) is 16.8. The van der Waals surface area contributed by atoms with E-state index in [2.05, 4.69) is 11.9 Å². The fraction of sp³-hybridized carbons (Fsp3) is 0.741. The summed E-state index contributed by atoms with van der Waals surface area (Å²) in [6, 6.07) is 0. The third kappa shape index (κ3) is 6.61. The van der Waals surface area contributed by atoms with E-state index < -0.39 is 35.6 Å². The number of ketones is 1. The summed E-state index contributed by atoms with van der Waals surface area (Å²) in [7, 11) is 0. The first kappa shape index (κ1) is 28.9. The van der Waals surface area contributed by atoms with Crippen LogP contribution in [0.2, 0.25) is 0 Å². The standard InChI is InChI=1S/C27H42N2O6S/c1-15-8-7-9-27(6)21(35-27)11-19(16(2)10-18-14-36-22(13-28)29-18)34-23(31)12-20(30)26(4,5)25(33)17(3)24(15)32/h10,14-15,17,19-21,24,30,32H,7-9,11-13,28H2,1-6H3/t15?,17-,19?,20+,21+,24+,27-/m1/s1. The molecular formula is C27H42N2O6S. The number of nitrogens with two attached hydrogens (primary N) is 1. The number of thiazole rings is 1. The summed E-state index contributed by atoms with van der Waals surface area (Å²) < 4.78 is 11.9. The summed E-state index contributed by atoms with van der Waals surface area (Å²) in [5.74, 6) is -1.59. The zero-order valence-electron chi connectivity index (χ0n) is 22.3. The summed E-state index contributed by atoms with van der Waals surface area (Å²) in [4.78, 5) is 30.7. The van der Waals surface area contributed by atoms with Gasteiger partial charge in [-0.3, -0.25) is 9.59 Å². The quantitative estimate of drug-likeness (QED) is 0.405. The monoisotopic (exact) mass is 522 g/mol. The number of fused-ring (bicyclic) bond motifs is 1. The summed E-state index contributed by atoms with van der Waals surface area (Å²) >= 11 is 1.48. The number of carbonyl (C=O) groups is 2. The minimum absolute atomic E-state index is 0.0660. The number of ether oxygens (including phenoxy) is 2. The van der Waals surface area contributed by atoms with Crippen molar-refractivity contribution in [3.8, 4) is 0 Å². The van der Waals surface area contributed by atoms with Gasteiger partial charge in [0.05, 0.1) is 41.4 Å². The predicted molar refractivity (Wildman–Crippen MR) is 139 cm³/mol. The normalized spacial score (nSPS) is 36.8. The second kappa shape index (κ2) is 11.4. The maximum Gasteiger partial charge on any atom is 0.309 e. The molecule has 9 heteroatoms. The third-order valence-electron chi connectivity index (χ3n) is 8.03. The molecule has 0 bridgehead atoms. The van der Waals surface area contributed by atoms with Crippen molar-refractivity contribution < 1.29 is 29.3 Å². The molecule has 202 valence electrons. The van der Waals surface area contributed by atoms with E-state index in [0.717, 1.165) is 35.5 Å². The van der Waals surface area contributed by atoms with Gasteiger partial charge < -0.3 is 25.4 Å². The van der Waals surface area contributed by atoms with Crippen LogP contribution in [0.4, 0.5) is 0 Å². The minimum Gasteiger partial charge on any atom is -0.458 e. The topological polar surface area (TPSA) is 135 Å². The van der Waals surface area contributed by atoms with Gasteiger partial charge in [0.25, 0.3) is 0 Å². The molecule has 1 aromatic rings. The number of cyclic esters (lactones) is 1. The molecule has 0 saturated carbocycles. The van der Waals surface area contributed by atoms with Crippen LogP contribution in [0.5, 0.6) is 0 Å². The lowest BCUT2D eigenvalue weighted by molar-refractivity contribution is -0.154. The van der Waals surface area contributed by atoms with Crippen molar-refractivity contribution in [1.82, 2.24) is 4.98 Å². The largest absolute Gasteiger partial charge is 0.458 e. The highest BCUT2D eigenvalue weighted by Gasteiger charge is 2.53. The molecule has 2 aliphatic rings. The Hall–Kier alpha value is -1.65. The Morgan fingerprint density at radius 3 is 2.61 bits per heavy atom. The van der Waals surface area contributed by atoms with Crippen LogP contribution in [0.3, 0.4) is 0 Å². The lowest BCUT2D eigenvalue weighted by atomic mass is 9.73. The van der Waals surface area contributed by atoms with E-state index >= 15 is 0 Å². The summed E-state index contributed by atoms with van der Waals surface area (Å²) in [6.07, 6.45) is 1.80. The van der Waals surface area contributed by atoms with Gasteiger partial charge in [-0.1, -0.05) is 34.1 Å². The highest BCUT2D eigenvalue weighted by Crippen LogP contribution is 2.45. The average molecular weight is 523 g/mol. The fourth-order valence-corrected chi connectivity index (χ4v) is 5.74. The molecule has 0 radical (unpaired) electrons. The Morgan fingerprint density at radius 1 is 1.28 bits per heavy atom. The summed E-state index contributed by atoms with van der Waals surface area (Å²) in [5.41, 5.74) is 5.74. The molecule has 2 aliphatic heterocycles. The molecule has 4 N–H and O–H groups in total. The third-order valence-corrected chi connectivity index (χ3v) is 8.92. The molecule has 0 aliphatic carbocycles. The number of esters is 1. The smallest absolute Gasteiger partial charge is 0.309 e. The van der Waals surface area contributed by atoms with Gasteiger partial charge in [0, 0.05) is 24.3 Å². The zero-order chi connectivity index (χ0) is 26.8. The minimum atomic E-state index is -1.24. The first-order valence-corrected chi connectivity index (χ1v) is 13.8. The zero-order valence-corrected chi connectivity index (χ0v) is 23.1. The molecule has 0 aromatic carbocycles. The molecule has 0 amide bonds. The second-order valence-corrected chi connectivity index (χ2v) is 12.3. The number of aliphatic hydroxyl groups excluding tert-OH is 2. The average Bonchev–Trinajstić information content (AvgIpc) is 3.23. The Balaban J connectivity index is 1.85. The SMILES string of the molecule is CC(=Cc1csc(CN)n1)C1C[C@@H]2O[C@]2(C)CCCC(C)[C@H](O)[C@@H](C)C(=O)C(C)(C)[C@@H](O)CC(=O)O1. The molecule has 2 fully saturated rings.